The van der Waals surface area contributed by atoms with E-state index in [1.54, 1.807) is 6.92 Å². The van der Waals surface area contributed by atoms with Crippen molar-refractivity contribution in [3.8, 4) is 5.75 Å². The molecular weight excluding hydrogens is 688 g/mol. The number of aromatic nitrogens is 2. The van der Waals surface area contributed by atoms with E-state index in [-0.39, 0.29) is 78.4 Å². The molecule has 0 aliphatic carbocycles. The largest absolute Gasteiger partial charge is 1.00 e. The summed E-state index contributed by atoms with van der Waals surface area (Å²) in [5.74, 6) is -5.71. The number of thioether (sulfide) groups is 2. The van der Waals surface area contributed by atoms with Gasteiger partial charge in [-0.05, 0) is 30.2 Å². The van der Waals surface area contributed by atoms with Gasteiger partial charge in [-0.15, -0.1) is 22.0 Å². The van der Waals surface area contributed by atoms with Gasteiger partial charge in [-0.1, -0.05) is 35.2 Å². The molecule has 0 spiro atoms. The van der Waals surface area contributed by atoms with Gasteiger partial charge >= 0.3 is 47.4 Å². The van der Waals surface area contributed by atoms with E-state index in [4.69, 9.17) is 0 Å². The zero-order valence-corrected chi connectivity index (χ0v) is 29.3. The second-order valence-corrected chi connectivity index (χ2v) is 13.1. The molecule has 0 bridgehead atoms. The summed E-state index contributed by atoms with van der Waals surface area (Å²) in [6.45, 7) is 1.84. The average molecular weight is 713 g/mol. The summed E-state index contributed by atoms with van der Waals surface area (Å²) in [5, 5.41) is 35.9. The number of rotatable bonds is 11. The molecule has 7 amide bonds. The van der Waals surface area contributed by atoms with E-state index in [0.717, 1.165) is 22.7 Å². The number of fused-ring (bicyclic) bond motifs is 1. The summed E-state index contributed by atoms with van der Waals surface area (Å²) in [6, 6.07) is 2.50. The zero-order chi connectivity index (χ0) is 33.2. The summed E-state index contributed by atoms with van der Waals surface area (Å²) in [4.78, 5) is 92.5. The quantitative estimate of drug-likeness (QED) is 0.0427. The van der Waals surface area contributed by atoms with Crippen molar-refractivity contribution in [2.45, 2.75) is 28.3 Å². The first kappa shape index (κ1) is 36.2. The van der Waals surface area contributed by atoms with Crippen LogP contribution in [0.2, 0.25) is 0 Å². The Labute approximate surface area is 301 Å². The van der Waals surface area contributed by atoms with E-state index in [0.29, 0.717) is 14.8 Å². The van der Waals surface area contributed by atoms with Crippen LogP contribution in [0, 0.1) is 0 Å². The number of aromatic hydroxyl groups is 1. The first-order valence-corrected chi connectivity index (χ1v) is 16.4. The number of phenols is 1. The summed E-state index contributed by atoms with van der Waals surface area (Å²) >= 11 is 3.54. The molecule has 3 aliphatic heterocycles. The third-order valence-corrected chi connectivity index (χ3v) is 10.7. The van der Waals surface area contributed by atoms with Crippen molar-refractivity contribution in [3.63, 3.8) is 0 Å². The second kappa shape index (κ2) is 15.0. The molecule has 4 heterocycles. The van der Waals surface area contributed by atoms with Crippen molar-refractivity contribution in [2.24, 2.45) is 0 Å². The van der Waals surface area contributed by atoms with Crippen LogP contribution in [0.25, 0.3) is 0 Å². The Balaban J connectivity index is 0.00000500. The first-order chi connectivity index (χ1) is 22.0. The minimum absolute atomic E-state index is 0. The summed E-state index contributed by atoms with van der Waals surface area (Å²) in [7, 11) is 0. The first-order valence-electron chi connectivity index (χ1n) is 13.5. The summed E-state index contributed by atoms with van der Waals surface area (Å²) in [6.07, 6.45) is 0.165. The third kappa shape index (κ3) is 6.97. The van der Waals surface area contributed by atoms with Gasteiger partial charge in [-0.2, -0.15) is 0 Å². The molecule has 4 N–H and O–H groups in total. The minimum Gasteiger partial charge on any atom is -0.543 e. The number of phenolic OH excluding ortho intramolecular Hbond substituents is 1. The molecule has 0 saturated carbocycles. The number of imide groups is 1. The fourth-order valence-corrected chi connectivity index (χ4v) is 8.17. The molecule has 3 aliphatic rings. The van der Waals surface area contributed by atoms with Crippen molar-refractivity contribution >= 4 is 76.9 Å². The number of hydrogen-bond donors (Lipinski definition) is 4. The summed E-state index contributed by atoms with van der Waals surface area (Å²) < 4.78 is 0.579. The molecule has 1 aromatic carbocycles. The van der Waals surface area contributed by atoms with Gasteiger partial charge in [0.15, 0.2) is 4.34 Å². The minimum atomic E-state index is -2.14. The third-order valence-electron chi connectivity index (χ3n) is 7.33. The smallest absolute Gasteiger partial charge is 0.543 e. The number of aliphatic carboxylic acids is 1. The van der Waals surface area contributed by atoms with E-state index in [1.807, 2.05) is 0 Å². The number of β-lactam (4-membered cyclic amide) rings is 1. The van der Waals surface area contributed by atoms with E-state index in [2.05, 4.69) is 26.1 Å². The van der Waals surface area contributed by atoms with E-state index in [1.165, 1.54) is 51.7 Å². The molecule has 3 atom stereocenters. The number of likely N-dealkylation sites (N-methyl/N-ethyl adjacent to an activating group) is 1. The summed E-state index contributed by atoms with van der Waals surface area (Å²) in [5.41, 5.74) is -0.646. The Morgan fingerprint density at radius 3 is 2.64 bits per heavy atom. The molecule has 1 unspecified atom stereocenters. The van der Waals surface area contributed by atoms with Crippen LogP contribution in [-0.2, 0) is 28.8 Å². The maximum atomic E-state index is 13.9. The molecule has 5 rings (SSSR count). The number of carbonyl (C=O) groups excluding carboxylic acids is 7. The van der Waals surface area contributed by atoms with Gasteiger partial charge in [0.25, 0.3) is 5.91 Å². The maximum Gasteiger partial charge on any atom is 1.00 e. The number of carbonyl (C=O) groups is 7. The Kier molecular flexibility index (Phi) is 11.6. The zero-order valence-electron chi connectivity index (χ0n) is 24.8. The Bertz CT molecular complexity index is 1640. The Morgan fingerprint density at radius 1 is 1.23 bits per heavy atom. The predicted molar refractivity (Wildman–Crippen MR) is 159 cm³/mol. The second-order valence-electron chi connectivity index (χ2n) is 9.95. The molecule has 2 aromatic rings. The van der Waals surface area contributed by atoms with Crippen LogP contribution >= 0.6 is 34.9 Å². The molecule has 47 heavy (non-hydrogen) atoms. The predicted octanol–water partition coefficient (Wildman–Crippen LogP) is -5.04. The number of hydrogen-bond acceptors (Lipinski definition) is 14. The number of piperazine rings is 1. The van der Waals surface area contributed by atoms with Crippen LogP contribution < -0.4 is 50.6 Å². The number of nitrogens with zero attached hydrogens (tertiary/aromatic N) is 5. The molecule has 1 aromatic heterocycles. The van der Waals surface area contributed by atoms with Crippen molar-refractivity contribution in [1.82, 2.24) is 40.8 Å². The molecule has 21 heteroatoms. The number of carboxylic acids is 1. The standard InChI is InChI=1S/C26H26N8O9S3.Na/c1-2-32-6-7-33(20(39)19(32)38)24(43)29-16(13-4-3-5-15(36)8-13)18(37)30-26(27-11-35)22(42)34-17(21(40)41)14(9-44-23(26)34)10-45-25-31-28-12-46-25;/h3-5,8,11-12,16,23,36H,2,6-7,9-10H2,1H3,(H,27,35)(H,29,43)(H,30,37)(H,40,41);/q;+1/p-1/t16?,23-,26-;/m1./s1. The average Bonchev–Trinajstić information content (AvgIpc) is 3.56. The van der Waals surface area contributed by atoms with Gasteiger partial charge in [-0.3, -0.25) is 33.8 Å². The molecule has 2 fully saturated rings. The van der Waals surface area contributed by atoms with Crippen LogP contribution in [-0.4, -0.2) is 114 Å². The molecule has 0 radical (unpaired) electrons. The van der Waals surface area contributed by atoms with Crippen molar-refractivity contribution in [2.75, 3.05) is 31.1 Å². The fraction of sp³-hybridized carbons (Fsp3) is 0.346. The maximum absolute atomic E-state index is 13.9. The number of carboxylic acid groups (broad SMARTS) is 1. The van der Waals surface area contributed by atoms with Gasteiger partial charge in [0.1, 0.15) is 22.7 Å². The Hall–Kier alpha value is -3.69. The van der Waals surface area contributed by atoms with E-state index < -0.39 is 58.4 Å². The van der Waals surface area contributed by atoms with Crippen LogP contribution in [0.3, 0.4) is 0 Å². The van der Waals surface area contributed by atoms with E-state index in [9.17, 15) is 43.8 Å². The number of urea groups is 1. The number of benzene rings is 1. The van der Waals surface area contributed by atoms with Crippen LogP contribution in [0.4, 0.5) is 4.79 Å². The monoisotopic (exact) mass is 712 g/mol. The van der Waals surface area contributed by atoms with Crippen LogP contribution in [0.15, 0.2) is 45.4 Å². The van der Waals surface area contributed by atoms with Gasteiger partial charge in [0.05, 0.1) is 11.7 Å². The van der Waals surface area contributed by atoms with Gasteiger partial charge < -0.3 is 35.9 Å². The topological polar surface area (TPSA) is 234 Å². The van der Waals surface area contributed by atoms with Gasteiger partial charge in [-0.25, -0.2) is 4.79 Å². The van der Waals surface area contributed by atoms with E-state index >= 15 is 0 Å². The molecule has 242 valence electrons. The molecular formula is C26H25N8NaO9S3. The van der Waals surface area contributed by atoms with Crippen molar-refractivity contribution in [3.05, 3.63) is 46.6 Å². The number of nitrogens with one attached hydrogen (secondary N) is 3. The normalized spacial score (nSPS) is 21.3. The Morgan fingerprint density at radius 2 is 2.00 bits per heavy atom. The fourth-order valence-electron chi connectivity index (χ4n) is 5.11. The van der Waals surface area contributed by atoms with Crippen LogP contribution in [0.1, 0.15) is 18.5 Å². The van der Waals surface area contributed by atoms with Gasteiger partial charge in [0, 0.05) is 31.1 Å². The van der Waals surface area contributed by atoms with Crippen molar-refractivity contribution < 1.29 is 73.3 Å². The molecule has 2 saturated heterocycles. The van der Waals surface area contributed by atoms with Crippen LogP contribution in [0.5, 0.6) is 5.75 Å². The van der Waals surface area contributed by atoms with Crippen molar-refractivity contribution in [1.29, 1.82) is 0 Å². The number of amides is 7. The van der Waals surface area contributed by atoms with Gasteiger partial charge in [0.2, 0.25) is 18.0 Å². The SMILES string of the molecule is CCN1CCN(C(=O)NC(C(=O)N[C@]2(NC=O)C(=O)N3C(C(=O)[O-])=C(CSc4nncs4)CS[C@@H]32)c2cccc(O)c2)C(=O)C1=O.[Na+]. The molecule has 17 nitrogen and oxygen atoms in total.